The number of likely N-dealkylation sites (N-methyl/N-ethyl adjacent to an activating group) is 1. The molecule has 0 radical (unpaired) electrons. The summed E-state index contributed by atoms with van der Waals surface area (Å²) in [4.78, 5) is 1.59. The minimum atomic E-state index is -1.97. The van der Waals surface area contributed by atoms with Crippen molar-refractivity contribution < 1.29 is 4.11 Å². The lowest BCUT2D eigenvalue weighted by atomic mass is 9.94. The van der Waals surface area contributed by atoms with Crippen LogP contribution in [-0.4, -0.2) is 18.4 Å². The molecule has 0 N–H and O–H groups in total. The lowest BCUT2D eigenvalue weighted by Gasteiger charge is -2.25. The van der Waals surface area contributed by atoms with Gasteiger partial charge in [-0.05, 0) is 42.4 Å². The van der Waals surface area contributed by atoms with Crippen LogP contribution in [-0.2, 0) is 19.4 Å². The van der Waals surface area contributed by atoms with Crippen molar-refractivity contribution in [3.63, 3.8) is 0 Å². The van der Waals surface area contributed by atoms with Gasteiger partial charge in [0.2, 0.25) is 0 Å². The second kappa shape index (κ2) is 4.36. The highest BCUT2D eigenvalue weighted by Crippen LogP contribution is 2.20. The molecule has 0 saturated heterocycles. The van der Waals surface area contributed by atoms with Crippen molar-refractivity contribution in [3.05, 3.63) is 34.9 Å². The lowest BCUT2D eigenvalue weighted by Crippen LogP contribution is -2.26. The minimum Gasteiger partial charge on any atom is -0.302 e. The zero-order valence-electron chi connectivity index (χ0n) is 12.6. The molecule has 1 aromatic rings. The van der Waals surface area contributed by atoms with Crippen LogP contribution >= 0.6 is 0 Å². The number of hydrogen-bond acceptors (Lipinski definition) is 1. The van der Waals surface area contributed by atoms with E-state index in [-0.39, 0.29) is 0 Å². The second-order valence-corrected chi connectivity index (χ2v) is 4.87. The minimum absolute atomic E-state index is 0.553. The average Bonchev–Trinajstić information content (AvgIpc) is 2.26. The average molecular weight is 206 g/mol. The van der Waals surface area contributed by atoms with Gasteiger partial charge in [-0.3, -0.25) is 0 Å². The van der Waals surface area contributed by atoms with E-state index in [2.05, 4.69) is 32.0 Å². The van der Waals surface area contributed by atoms with E-state index in [4.69, 9.17) is 4.11 Å². The van der Waals surface area contributed by atoms with Gasteiger partial charge in [0.1, 0.15) is 0 Å². The molecule has 0 fully saturated rings. The molecule has 0 amide bonds. The first kappa shape index (κ1) is 7.45. The third kappa shape index (κ3) is 2.60. The standard InChI is InChI=1S/C14H21N/c1-11(2)8-12-4-5-13-6-7-15(3)10-14(13)9-12/h4-5,9,11H,6-8,10H2,1-3H3/i3D3. The molecule has 1 heteroatoms. The number of fused-ring (bicyclic) bond motifs is 1. The molecular weight excluding hydrogens is 182 g/mol. The maximum absolute atomic E-state index is 7.49. The first-order valence-electron chi connectivity index (χ1n) is 7.22. The zero-order valence-corrected chi connectivity index (χ0v) is 9.59. The molecule has 82 valence electrons. The third-order valence-electron chi connectivity index (χ3n) is 2.93. The van der Waals surface area contributed by atoms with Gasteiger partial charge < -0.3 is 4.90 Å². The predicted octanol–water partition coefficient (Wildman–Crippen LogP) is 2.87. The first-order valence-corrected chi connectivity index (χ1v) is 5.72. The van der Waals surface area contributed by atoms with Crippen LogP contribution in [0.1, 0.15) is 34.7 Å². The molecule has 15 heavy (non-hydrogen) atoms. The van der Waals surface area contributed by atoms with Gasteiger partial charge in [-0.1, -0.05) is 32.0 Å². The quantitative estimate of drug-likeness (QED) is 0.719. The van der Waals surface area contributed by atoms with E-state index in [0.29, 0.717) is 19.0 Å². The molecular formula is C14H21N. The largest absolute Gasteiger partial charge is 0.302 e. The van der Waals surface area contributed by atoms with E-state index < -0.39 is 6.98 Å². The Hall–Kier alpha value is -0.820. The van der Waals surface area contributed by atoms with Gasteiger partial charge in [0, 0.05) is 17.2 Å². The van der Waals surface area contributed by atoms with Crippen LogP contribution in [0.5, 0.6) is 0 Å². The van der Waals surface area contributed by atoms with E-state index in [1.54, 1.807) is 4.90 Å². The van der Waals surface area contributed by atoms with Crippen LogP contribution in [0.3, 0.4) is 0 Å². The summed E-state index contributed by atoms with van der Waals surface area (Å²) in [6.07, 6.45) is 1.90. The number of hydrogen-bond donors (Lipinski definition) is 0. The SMILES string of the molecule is [2H]C([2H])([2H])N1CCc2ccc(CC(C)C)cc2C1. The van der Waals surface area contributed by atoms with Crippen molar-refractivity contribution in [2.75, 3.05) is 13.5 Å². The maximum Gasteiger partial charge on any atom is 0.0394 e. The van der Waals surface area contributed by atoms with Gasteiger partial charge in [0.25, 0.3) is 0 Å². The molecule has 0 aromatic heterocycles. The van der Waals surface area contributed by atoms with E-state index in [1.165, 1.54) is 16.7 Å². The van der Waals surface area contributed by atoms with Crippen molar-refractivity contribution in [1.82, 2.24) is 4.90 Å². The van der Waals surface area contributed by atoms with Gasteiger partial charge in [-0.2, -0.15) is 0 Å². The summed E-state index contributed by atoms with van der Waals surface area (Å²) >= 11 is 0. The van der Waals surface area contributed by atoms with Gasteiger partial charge in [0.15, 0.2) is 0 Å². The zero-order chi connectivity index (χ0) is 13.3. The molecule has 0 spiro atoms. The van der Waals surface area contributed by atoms with Crippen molar-refractivity contribution >= 4 is 0 Å². The van der Waals surface area contributed by atoms with Gasteiger partial charge in [-0.25, -0.2) is 0 Å². The van der Waals surface area contributed by atoms with Gasteiger partial charge >= 0.3 is 0 Å². The van der Waals surface area contributed by atoms with Crippen molar-refractivity contribution in [2.24, 2.45) is 5.92 Å². The monoisotopic (exact) mass is 206 g/mol. The first-order chi connectivity index (χ1) is 8.36. The molecule has 0 bridgehead atoms. The van der Waals surface area contributed by atoms with Crippen molar-refractivity contribution in [1.29, 1.82) is 0 Å². The Labute approximate surface area is 97.3 Å². The van der Waals surface area contributed by atoms with Gasteiger partial charge in [0.05, 0.1) is 0 Å². The van der Waals surface area contributed by atoms with E-state index in [1.807, 2.05) is 0 Å². The normalized spacial score (nSPS) is 20.6. The topological polar surface area (TPSA) is 3.24 Å². The Morgan fingerprint density at radius 2 is 2.27 bits per heavy atom. The lowest BCUT2D eigenvalue weighted by molar-refractivity contribution is 0.312. The fourth-order valence-corrected chi connectivity index (χ4v) is 2.21. The molecule has 0 aliphatic carbocycles. The van der Waals surface area contributed by atoms with Crippen LogP contribution in [0.4, 0.5) is 0 Å². The number of nitrogens with zero attached hydrogens (tertiary/aromatic N) is 1. The van der Waals surface area contributed by atoms with Crippen LogP contribution in [0.2, 0.25) is 0 Å². The number of benzene rings is 1. The summed E-state index contributed by atoms with van der Waals surface area (Å²) in [5, 5.41) is 0. The molecule has 1 nitrogen and oxygen atoms in total. The summed E-state index contributed by atoms with van der Waals surface area (Å²) in [5.74, 6) is 0.630. The molecule has 1 aliphatic rings. The van der Waals surface area contributed by atoms with E-state index in [0.717, 1.165) is 12.8 Å². The molecule has 1 aliphatic heterocycles. The molecule has 0 atom stereocenters. The Bertz CT molecular complexity index is 424. The fraction of sp³-hybridized carbons (Fsp3) is 0.571. The van der Waals surface area contributed by atoms with E-state index >= 15 is 0 Å². The Morgan fingerprint density at radius 1 is 1.40 bits per heavy atom. The summed E-state index contributed by atoms with van der Waals surface area (Å²) in [5.41, 5.74) is 3.81. The van der Waals surface area contributed by atoms with Crippen LogP contribution in [0.25, 0.3) is 0 Å². The molecule has 1 heterocycles. The van der Waals surface area contributed by atoms with Crippen LogP contribution in [0, 0.1) is 5.92 Å². The highest BCUT2D eigenvalue weighted by Gasteiger charge is 2.13. The van der Waals surface area contributed by atoms with Crippen molar-refractivity contribution in [3.8, 4) is 0 Å². The summed E-state index contributed by atoms with van der Waals surface area (Å²) in [6.45, 7) is 3.62. The van der Waals surface area contributed by atoms with E-state index in [9.17, 15) is 0 Å². The molecule has 1 aromatic carbocycles. The third-order valence-corrected chi connectivity index (χ3v) is 2.93. The Morgan fingerprint density at radius 3 is 3.00 bits per heavy atom. The summed E-state index contributed by atoms with van der Waals surface area (Å²) in [7, 11) is 0. The highest BCUT2D eigenvalue weighted by molar-refractivity contribution is 5.33. The second-order valence-electron chi connectivity index (χ2n) is 4.87. The predicted molar refractivity (Wildman–Crippen MR) is 65.0 cm³/mol. The smallest absolute Gasteiger partial charge is 0.0394 e. The summed E-state index contributed by atoms with van der Waals surface area (Å²) in [6, 6.07) is 6.54. The maximum atomic E-state index is 7.49. The number of rotatable bonds is 2. The summed E-state index contributed by atoms with van der Waals surface area (Å²) < 4.78 is 22.5. The highest BCUT2D eigenvalue weighted by atomic mass is 15.1. The molecule has 0 saturated carbocycles. The fourth-order valence-electron chi connectivity index (χ4n) is 2.21. The van der Waals surface area contributed by atoms with Crippen molar-refractivity contribution in [2.45, 2.75) is 33.2 Å². The Kier molecular flexibility index (Phi) is 2.17. The van der Waals surface area contributed by atoms with Crippen LogP contribution in [0.15, 0.2) is 18.2 Å². The van der Waals surface area contributed by atoms with Crippen LogP contribution < -0.4 is 0 Å². The molecule has 2 rings (SSSR count). The van der Waals surface area contributed by atoms with Gasteiger partial charge in [-0.15, -0.1) is 0 Å². The Balaban J connectivity index is 2.19. The molecule has 0 unspecified atom stereocenters.